The maximum atomic E-state index is 5.39. The van der Waals surface area contributed by atoms with Crippen molar-refractivity contribution in [1.29, 1.82) is 0 Å². The van der Waals surface area contributed by atoms with Gasteiger partial charge in [0, 0.05) is 51.0 Å². The van der Waals surface area contributed by atoms with Gasteiger partial charge in [-0.3, -0.25) is 14.8 Å². The van der Waals surface area contributed by atoms with Crippen LogP contribution in [0.2, 0.25) is 0 Å². The van der Waals surface area contributed by atoms with E-state index in [1.54, 1.807) is 0 Å². The summed E-state index contributed by atoms with van der Waals surface area (Å²) in [6.07, 6.45) is 4.66. The molecule has 1 atom stereocenters. The number of rotatable bonds is 6. The van der Waals surface area contributed by atoms with Gasteiger partial charge in [0.15, 0.2) is 5.82 Å². The van der Waals surface area contributed by atoms with Crippen molar-refractivity contribution in [3.05, 3.63) is 41.8 Å². The van der Waals surface area contributed by atoms with Crippen LogP contribution in [-0.2, 0) is 13.0 Å². The Morgan fingerprint density at radius 1 is 1.17 bits per heavy atom. The van der Waals surface area contributed by atoms with Crippen molar-refractivity contribution in [3.63, 3.8) is 0 Å². The van der Waals surface area contributed by atoms with E-state index in [1.807, 2.05) is 18.5 Å². The van der Waals surface area contributed by atoms with Crippen molar-refractivity contribution in [2.75, 3.05) is 26.2 Å². The highest BCUT2D eigenvalue weighted by molar-refractivity contribution is 5.13. The molecule has 6 heteroatoms. The minimum atomic E-state index is 0.405. The number of aromatic nitrogens is 3. The van der Waals surface area contributed by atoms with Gasteiger partial charge in [0.1, 0.15) is 0 Å². The molecule has 1 fully saturated rings. The lowest BCUT2D eigenvalue weighted by molar-refractivity contribution is 0.0904. The molecule has 24 heavy (non-hydrogen) atoms. The fourth-order valence-corrected chi connectivity index (χ4v) is 3.14. The van der Waals surface area contributed by atoms with Gasteiger partial charge >= 0.3 is 0 Å². The fraction of sp³-hybridized carbons (Fsp3) is 0.611. The van der Waals surface area contributed by atoms with Crippen molar-refractivity contribution in [1.82, 2.24) is 24.9 Å². The van der Waals surface area contributed by atoms with E-state index in [1.165, 1.54) is 5.56 Å². The summed E-state index contributed by atoms with van der Waals surface area (Å²) in [6.45, 7) is 11.5. The molecule has 0 bridgehead atoms. The van der Waals surface area contributed by atoms with Crippen LogP contribution in [0.25, 0.3) is 0 Å². The second-order valence-electron chi connectivity index (χ2n) is 6.98. The zero-order chi connectivity index (χ0) is 16.9. The van der Waals surface area contributed by atoms with Gasteiger partial charge in [-0.2, -0.15) is 4.98 Å². The first-order chi connectivity index (χ1) is 11.6. The smallest absolute Gasteiger partial charge is 0.240 e. The molecule has 0 aromatic carbocycles. The van der Waals surface area contributed by atoms with E-state index in [4.69, 9.17) is 4.52 Å². The number of hydrogen-bond donors (Lipinski definition) is 0. The van der Waals surface area contributed by atoms with Crippen molar-refractivity contribution in [3.8, 4) is 0 Å². The van der Waals surface area contributed by atoms with Crippen LogP contribution in [0.5, 0.6) is 0 Å². The molecule has 130 valence electrons. The van der Waals surface area contributed by atoms with E-state index in [-0.39, 0.29) is 0 Å². The third-order valence-corrected chi connectivity index (χ3v) is 4.58. The van der Waals surface area contributed by atoms with Gasteiger partial charge in [-0.25, -0.2) is 0 Å². The first-order valence-electron chi connectivity index (χ1n) is 8.79. The predicted molar refractivity (Wildman–Crippen MR) is 92.3 cm³/mol. The Labute approximate surface area is 143 Å². The van der Waals surface area contributed by atoms with E-state index in [9.17, 15) is 0 Å². The summed E-state index contributed by atoms with van der Waals surface area (Å²) in [6, 6.07) is 4.56. The summed E-state index contributed by atoms with van der Waals surface area (Å²) in [5.74, 6) is 2.11. The Kier molecular flexibility index (Phi) is 5.58. The number of pyridine rings is 1. The summed E-state index contributed by atoms with van der Waals surface area (Å²) in [5, 5.41) is 4.07. The number of hydrogen-bond acceptors (Lipinski definition) is 6. The van der Waals surface area contributed by atoms with Gasteiger partial charge in [0.05, 0.1) is 6.54 Å². The van der Waals surface area contributed by atoms with E-state index < -0.39 is 0 Å². The number of nitrogens with zero attached hydrogens (tertiary/aromatic N) is 5. The Hall–Kier alpha value is -1.79. The average Bonchev–Trinajstić information content (AvgIpc) is 3.02. The van der Waals surface area contributed by atoms with Gasteiger partial charge in [0.25, 0.3) is 0 Å². The summed E-state index contributed by atoms with van der Waals surface area (Å²) in [4.78, 5) is 13.6. The van der Waals surface area contributed by atoms with Crippen LogP contribution in [0.15, 0.2) is 29.0 Å². The molecule has 6 nitrogen and oxygen atoms in total. The lowest BCUT2D eigenvalue weighted by atomic mass is 10.1. The number of piperazine rings is 1. The van der Waals surface area contributed by atoms with Gasteiger partial charge < -0.3 is 4.52 Å². The standard InChI is InChI=1S/C18H27N5O/c1-14(2)11-17-20-18(24-21-17)13-22-7-9-23(10-8-22)15(3)16-5-4-6-19-12-16/h4-6,12,14-15H,7-11,13H2,1-3H3. The summed E-state index contributed by atoms with van der Waals surface area (Å²) in [7, 11) is 0. The Morgan fingerprint density at radius 2 is 1.96 bits per heavy atom. The average molecular weight is 329 g/mol. The highest BCUT2D eigenvalue weighted by Gasteiger charge is 2.23. The molecular weight excluding hydrogens is 302 g/mol. The molecule has 0 saturated carbocycles. The van der Waals surface area contributed by atoms with Crippen molar-refractivity contribution >= 4 is 0 Å². The molecule has 2 aromatic heterocycles. The third-order valence-electron chi connectivity index (χ3n) is 4.58. The second-order valence-corrected chi connectivity index (χ2v) is 6.98. The minimum absolute atomic E-state index is 0.405. The highest BCUT2D eigenvalue weighted by Crippen LogP contribution is 2.21. The molecule has 3 rings (SSSR count). The monoisotopic (exact) mass is 329 g/mol. The first kappa shape index (κ1) is 17.0. The molecule has 1 aliphatic heterocycles. The lowest BCUT2D eigenvalue weighted by Gasteiger charge is -2.37. The fourth-order valence-electron chi connectivity index (χ4n) is 3.14. The predicted octanol–water partition coefficient (Wildman–Crippen LogP) is 2.54. The third kappa shape index (κ3) is 4.39. The van der Waals surface area contributed by atoms with Crippen LogP contribution >= 0.6 is 0 Å². The maximum Gasteiger partial charge on any atom is 0.240 e. The van der Waals surface area contributed by atoms with Crippen molar-refractivity contribution in [2.24, 2.45) is 5.92 Å². The minimum Gasteiger partial charge on any atom is -0.338 e. The quantitative estimate of drug-likeness (QED) is 0.812. The van der Waals surface area contributed by atoms with Crippen LogP contribution in [0.3, 0.4) is 0 Å². The molecular formula is C18H27N5O. The Morgan fingerprint density at radius 3 is 2.62 bits per heavy atom. The van der Waals surface area contributed by atoms with Crippen LogP contribution in [0.1, 0.15) is 44.1 Å². The Balaban J connectivity index is 1.49. The normalized spacial score (nSPS) is 18.2. The van der Waals surface area contributed by atoms with E-state index in [2.05, 4.69) is 51.8 Å². The summed E-state index contributed by atoms with van der Waals surface area (Å²) >= 11 is 0. The van der Waals surface area contributed by atoms with Gasteiger partial charge in [-0.15, -0.1) is 0 Å². The molecule has 0 spiro atoms. The molecule has 0 N–H and O–H groups in total. The molecule has 0 aliphatic carbocycles. The van der Waals surface area contributed by atoms with Gasteiger partial charge in [0.2, 0.25) is 5.89 Å². The molecule has 3 heterocycles. The largest absolute Gasteiger partial charge is 0.338 e. The zero-order valence-corrected chi connectivity index (χ0v) is 14.9. The zero-order valence-electron chi connectivity index (χ0n) is 14.9. The second kappa shape index (κ2) is 7.85. The molecule has 2 aromatic rings. The van der Waals surface area contributed by atoms with Crippen LogP contribution in [-0.4, -0.2) is 51.1 Å². The lowest BCUT2D eigenvalue weighted by Crippen LogP contribution is -2.46. The van der Waals surface area contributed by atoms with Crippen molar-refractivity contribution < 1.29 is 4.52 Å². The Bertz CT molecular complexity index is 619. The van der Waals surface area contributed by atoms with E-state index >= 15 is 0 Å². The molecule has 0 amide bonds. The summed E-state index contributed by atoms with van der Waals surface area (Å²) < 4.78 is 5.39. The van der Waals surface area contributed by atoms with Crippen molar-refractivity contribution in [2.45, 2.75) is 39.8 Å². The molecule has 1 aliphatic rings. The molecule has 0 radical (unpaired) electrons. The van der Waals surface area contributed by atoms with Crippen LogP contribution in [0, 0.1) is 5.92 Å². The van der Waals surface area contributed by atoms with Gasteiger partial charge in [-0.05, 0) is 24.5 Å². The van der Waals surface area contributed by atoms with Crippen LogP contribution < -0.4 is 0 Å². The first-order valence-corrected chi connectivity index (χ1v) is 8.79. The van der Waals surface area contributed by atoms with Crippen LogP contribution in [0.4, 0.5) is 0 Å². The molecule has 1 saturated heterocycles. The van der Waals surface area contributed by atoms with E-state index in [0.29, 0.717) is 12.0 Å². The SMILES string of the molecule is CC(C)Cc1noc(CN2CCN(C(C)c3cccnc3)CC2)n1. The van der Waals surface area contributed by atoms with Gasteiger partial charge in [-0.1, -0.05) is 25.1 Å². The highest BCUT2D eigenvalue weighted by atomic mass is 16.5. The van der Waals surface area contributed by atoms with E-state index in [0.717, 1.165) is 50.9 Å². The maximum absolute atomic E-state index is 5.39. The molecule has 1 unspecified atom stereocenters. The summed E-state index contributed by atoms with van der Waals surface area (Å²) in [5.41, 5.74) is 1.28. The topological polar surface area (TPSA) is 58.3 Å².